The molecular formula is C7H10ClN. The normalized spacial score (nSPS) is 8.22. The smallest absolute Gasteiger partial charge is 0.0184 e. The van der Waals surface area contributed by atoms with Crippen LogP contribution in [-0.2, 0) is 0 Å². The van der Waals surface area contributed by atoms with Gasteiger partial charge in [0.1, 0.15) is 0 Å². The topological polar surface area (TPSA) is 26.0 Å². The van der Waals surface area contributed by atoms with E-state index in [0.717, 1.165) is 0 Å². The summed E-state index contributed by atoms with van der Waals surface area (Å²) in [5, 5.41) is 0. The molecule has 9 heavy (non-hydrogen) atoms. The highest BCUT2D eigenvalue weighted by atomic mass is 35.5. The molecule has 2 aliphatic rings. The molecule has 50 valence electrons. The molecule has 2 aliphatic carbocycles. The van der Waals surface area contributed by atoms with Gasteiger partial charge in [-0.3, -0.25) is 0 Å². The predicted molar refractivity (Wildman–Crippen MR) is 42.8 cm³/mol. The number of rotatable bonds is 0. The summed E-state index contributed by atoms with van der Waals surface area (Å²) in [6.07, 6.45) is 0. The first kappa shape index (κ1) is 8.47. The molecule has 0 aromatic carbocycles. The Morgan fingerprint density at radius 1 is 0.889 bits per heavy atom. The summed E-state index contributed by atoms with van der Waals surface area (Å²) in [4.78, 5) is 0. The maximum absolute atomic E-state index is 4.50. The molecule has 0 aliphatic heterocycles. The van der Waals surface area contributed by atoms with Crippen LogP contribution in [0, 0.1) is 0 Å². The van der Waals surface area contributed by atoms with E-state index >= 15 is 0 Å². The van der Waals surface area contributed by atoms with Crippen molar-refractivity contribution >= 4 is 12.4 Å². The highest BCUT2D eigenvalue weighted by Gasteiger charge is 2.03. The molecule has 0 saturated heterocycles. The zero-order chi connectivity index (χ0) is 5.98. The van der Waals surface area contributed by atoms with Crippen molar-refractivity contribution in [1.82, 2.24) is 0 Å². The van der Waals surface area contributed by atoms with Crippen molar-refractivity contribution in [2.24, 2.45) is 5.73 Å². The summed E-state index contributed by atoms with van der Waals surface area (Å²) in [7, 11) is 1.50. The molecule has 0 radical (unpaired) electrons. The van der Waals surface area contributed by atoms with E-state index in [4.69, 9.17) is 0 Å². The fourth-order valence-electron chi connectivity index (χ4n) is 0.663. The molecule has 0 unspecified atom stereocenters. The van der Waals surface area contributed by atoms with Crippen LogP contribution in [0.4, 0.5) is 0 Å². The van der Waals surface area contributed by atoms with E-state index in [2.05, 4.69) is 30.0 Å². The second kappa shape index (κ2) is 3.49. The largest absolute Gasteiger partial charge is 0.333 e. The summed E-state index contributed by atoms with van der Waals surface area (Å²) < 4.78 is 0. The first-order chi connectivity index (χ1) is 3.97. The van der Waals surface area contributed by atoms with E-state index in [1.54, 1.807) is 0 Å². The van der Waals surface area contributed by atoms with Gasteiger partial charge < -0.3 is 5.73 Å². The molecule has 2 N–H and O–H groups in total. The zero-order valence-electron chi connectivity index (χ0n) is 5.29. The van der Waals surface area contributed by atoms with Crippen LogP contribution in [0.5, 0.6) is 0 Å². The van der Waals surface area contributed by atoms with Crippen molar-refractivity contribution in [3.05, 3.63) is 24.3 Å². The SMILES string of the molecule is CN.Cl.c1cc2ccc1-2. The Bertz CT molecular complexity index is 148. The molecule has 0 heterocycles. The number of benzene rings is 1. The van der Waals surface area contributed by atoms with Gasteiger partial charge in [-0.1, -0.05) is 24.3 Å². The average Bonchev–Trinajstić information content (AvgIpc) is 1.83. The highest BCUT2D eigenvalue weighted by Crippen LogP contribution is 2.29. The minimum absolute atomic E-state index is 0. The predicted octanol–water partition coefficient (Wildman–Crippen LogP) is 1.66. The number of fused-ring (bicyclic) bond motifs is 1. The maximum atomic E-state index is 4.50. The first-order valence-corrected chi connectivity index (χ1v) is 2.65. The summed E-state index contributed by atoms with van der Waals surface area (Å²) in [5.74, 6) is 0. The Labute approximate surface area is 61.3 Å². The van der Waals surface area contributed by atoms with Gasteiger partial charge >= 0.3 is 0 Å². The van der Waals surface area contributed by atoms with Crippen LogP contribution in [0.2, 0.25) is 0 Å². The standard InChI is InChI=1S/C6H4.CH5N.ClH/c1-2-6-4-3-5(1)6;1-2;/h1-4H;2H2,1H3;1H. The Hall–Kier alpha value is -0.530. The van der Waals surface area contributed by atoms with Crippen molar-refractivity contribution in [2.45, 2.75) is 0 Å². The third-order valence-electron chi connectivity index (χ3n) is 1.22. The molecule has 0 spiro atoms. The third kappa shape index (κ3) is 1.23. The number of halogens is 1. The van der Waals surface area contributed by atoms with Crippen LogP contribution in [0.25, 0.3) is 11.1 Å². The minimum atomic E-state index is 0. The monoisotopic (exact) mass is 143 g/mol. The summed E-state index contributed by atoms with van der Waals surface area (Å²) in [5.41, 5.74) is 7.35. The van der Waals surface area contributed by atoms with Gasteiger partial charge in [0.05, 0.1) is 0 Å². The molecule has 0 aromatic rings. The Morgan fingerprint density at radius 2 is 1.11 bits per heavy atom. The summed E-state index contributed by atoms with van der Waals surface area (Å²) >= 11 is 0. The van der Waals surface area contributed by atoms with Gasteiger partial charge in [-0.15, -0.1) is 12.4 Å². The van der Waals surface area contributed by atoms with Gasteiger partial charge in [-0.25, -0.2) is 0 Å². The lowest BCUT2D eigenvalue weighted by molar-refractivity contribution is 1.48. The van der Waals surface area contributed by atoms with Gasteiger partial charge in [0.15, 0.2) is 0 Å². The van der Waals surface area contributed by atoms with Crippen molar-refractivity contribution in [3.8, 4) is 11.1 Å². The van der Waals surface area contributed by atoms with E-state index in [-0.39, 0.29) is 12.4 Å². The molecular weight excluding hydrogens is 134 g/mol. The lowest BCUT2D eigenvalue weighted by Gasteiger charge is -2.10. The molecule has 2 rings (SSSR count). The summed E-state index contributed by atoms with van der Waals surface area (Å²) in [6, 6.07) is 8.48. The summed E-state index contributed by atoms with van der Waals surface area (Å²) in [6.45, 7) is 0. The van der Waals surface area contributed by atoms with Gasteiger partial charge in [-0.05, 0) is 18.2 Å². The fraction of sp³-hybridized carbons (Fsp3) is 0.143. The number of hydrogen-bond acceptors (Lipinski definition) is 1. The number of nitrogens with two attached hydrogens (primary N) is 1. The molecule has 0 saturated carbocycles. The number of hydrogen-bond donors (Lipinski definition) is 1. The van der Waals surface area contributed by atoms with Crippen LogP contribution < -0.4 is 5.73 Å². The third-order valence-corrected chi connectivity index (χ3v) is 1.22. The minimum Gasteiger partial charge on any atom is -0.333 e. The molecule has 0 atom stereocenters. The van der Waals surface area contributed by atoms with Crippen LogP contribution in [0.1, 0.15) is 0 Å². The lowest BCUT2D eigenvalue weighted by atomic mass is 9.95. The van der Waals surface area contributed by atoms with Crippen molar-refractivity contribution in [1.29, 1.82) is 0 Å². The van der Waals surface area contributed by atoms with E-state index < -0.39 is 0 Å². The first-order valence-electron chi connectivity index (χ1n) is 2.65. The van der Waals surface area contributed by atoms with Crippen LogP contribution >= 0.6 is 12.4 Å². The molecule has 0 aromatic heterocycles. The second-order valence-electron chi connectivity index (χ2n) is 1.58. The van der Waals surface area contributed by atoms with E-state index in [9.17, 15) is 0 Å². The molecule has 2 heteroatoms. The van der Waals surface area contributed by atoms with E-state index in [0.29, 0.717) is 0 Å². The van der Waals surface area contributed by atoms with Gasteiger partial charge in [-0.2, -0.15) is 0 Å². The highest BCUT2D eigenvalue weighted by molar-refractivity contribution is 5.85. The second-order valence-corrected chi connectivity index (χ2v) is 1.58. The van der Waals surface area contributed by atoms with Crippen LogP contribution in [0.3, 0.4) is 0 Å². The molecule has 0 amide bonds. The fourth-order valence-corrected chi connectivity index (χ4v) is 0.663. The van der Waals surface area contributed by atoms with Crippen molar-refractivity contribution in [3.63, 3.8) is 0 Å². The van der Waals surface area contributed by atoms with Crippen LogP contribution in [0.15, 0.2) is 24.3 Å². The molecule has 0 bridgehead atoms. The van der Waals surface area contributed by atoms with Gasteiger partial charge in [0.25, 0.3) is 0 Å². The lowest BCUT2D eigenvalue weighted by Crippen LogP contribution is -1.85. The van der Waals surface area contributed by atoms with Crippen molar-refractivity contribution in [2.75, 3.05) is 7.05 Å². The van der Waals surface area contributed by atoms with E-state index in [1.807, 2.05) is 0 Å². The maximum Gasteiger partial charge on any atom is -0.0184 e. The van der Waals surface area contributed by atoms with Gasteiger partial charge in [0, 0.05) is 0 Å². The Morgan fingerprint density at radius 3 is 1.11 bits per heavy atom. The Balaban J connectivity index is 0.000000198. The molecule has 1 nitrogen and oxygen atoms in total. The zero-order valence-corrected chi connectivity index (χ0v) is 6.11. The quantitative estimate of drug-likeness (QED) is 0.597. The van der Waals surface area contributed by atoms with Crippen LogP contribution in [-0.4, -0.2) is 7.05 Å². The van der Waals surface area contributed by atoms with Crippen molar-refractivity contribution < 1.29 is 0 Å². The van der Waals surface area contributed by atoms with E-state index in [1.165, 1.54) is 18.2 Å². The Kier molecular flexibility index (Phi) is 3.28. The molecule has 0 fully saturated rings. The van der Waals surface area contributed by atoms with Gasteiger partial charge in [0.2, 0.25) is 0 Å². The average molecular weight is 144 g/mol.